The minimum atomic E-state index is -1.45. The van der Waals surface area contributed by atoms with Gasteiger partial charge in [-0.1, -0.05) is 12.1 Å². The summed E-state index contributed by atoms with van der Waals surface area (Å²) >= 11 is 0. The van der Waals surface area contributed by atoms with Crippen LogP contribution in [-0.2, 0) is 26.1 Å². The molecule has 0 saturated carbocycles. The van der Waals surface area contributed by atoms with Crippen molar-refractivity contribution in [3.63, 3.8) is 0 Å². The molecule has 1 aromatic rings. The zero-order chi connectivity index (χ0) is 15.3. The third kappa shape index (κ3) is 4.77. The van der Waals surface area contributed by atoms with Gasteiger partial charge >= 0.3 is 11.9 Å². The fourth-order valence-electron chi connectivity index (χ4n) is 1.52. The van der Waals surface area contributed by atoms with Crippen molar-refractivity contribution >= 4 is 22.7 Å². The molecular weight excluding hydrogens is 280 g/mol. The molecule has 0 fully saturated rings. The van der Waals surface area contributed by atoms with Crippen LogP contribution in [-0.4, -0.2) is 32.6 Å². The number of rotatable bonds is 6. The molecule has 0 aliphatic rings. The van der Waals surface area contributed by atoms with Crippen molar-refractivity contribution in [1.29, 1.82) is 0 Å². The number of carbonyl (C=O) groups is 2. The standard InChI is InChI=1S/C14H18O5S/c1-9(2)19-14(17)10(3)20(18)8-11-5-4-6-12(7-11)13(15)16/h4-7,9-10H,8H2,1-3H3,(H,15,16). The SMILES string of the molecule is CC(C)OC(=O)C(C)S(=O)Cc1cccc(C(=O)O)c1. The molecule has 0 amide bonds. The Kier molecular flexibility index (Phi) is 5.88. The molecule has 0 saturated heterocycles. The third-order valence-corrected chi connectivity index (χ3v) is 4.16. The highest BCUT2D eigenvalue weighted by Crippen LogP contribution is 2.11. The van der Waals surface area contributed by atoms with Crippen LogP contribution in [0.5, 0.6) is 0 Å². The second-order valence-electron chi connectivity index (χ2n) is 4.66. The summed E-state index contributed by atoms with van der Waals surface area (Å²) in [4.78, 5) is 22.5. The van der Waals surface area contributed by atoms with E-state index in [1.807, 2.05) is 0 Å². The lowest BCUT2D eigenvalue weighted by molar-refractivity contribution is -0.146. The van der Waals surface area contributed by atoms with Crippen LogP contribution < -0.4 is 0 Å². The molecule has 2 unspecified atom stereocenters. The van der Waals surface area contributed by atoms with Gasteiger partial charge in [0.1, 0.15) is 5.25 Å². The van der Waals surface area contributed by atoms with Gasteiger partial charge in [-0.2, -0.15) is 0 Å². The number of aromatic carboxylic acids is 1. The highest BCUT2D eigenvalue weighted by Gasteiger charge is 2.22. The Bertz CT molecular complexity index is 524. The van der Waals surface area contributed by atoms with Crippen LogP contribution >= 0.6 is 0 Å². The van der Waals surface area contributed by atoms with Gasteiger partial charge in [0.15, 0.2) is 0 Å². The Hall–Kier alpha value is -1.69. The van der Waals surface area contributed by atoms with Crippen LogP contribution in [0.3, 0.4) is 0 Å². The molecule has 1 rings (SSSR count). The van der Waals surface area contributed by atoms with Gasteiger partial charge in [0.2, 0.25) is 0 Å². The van der Waals surface area contributed by atoms with Gasteiger partial charge in [0, 0.05) is 16.6 Å². The number of carbonyl (C=O) groups excluding carboxylic acids is 1. The number of esters is 1. The summed E-state index contributed by atoms with van der Waals surface area (Å²) in [5.41, 5.74) is 0.754. The van der Waals surface area contributed by atoms with Gasteiger partial charge in [-0.15, -0.1) is 0 Å². The average molecular weight is 298 g/mol. The zero-order valence-electron chi connectivity index (χ0n) is 11.7. The number of hydrogen-bond donors (Lipinski definition) is 1. The van der Waals surface area contributed by atoms with Crippen molar-refractivity contribution in [3.8, 4) is 0 Å². The summed E-state index contributed by atoms with van der Waals surface area (Å²) in [5.74, 6) is -1.42. The molecule has 0 radical (unpaired) electrons. The molecule has 0 aromatic heterocycles. The van der Waals surface area contributed by atoms with Crippen LogP contribution in [0.15, 0.2) is 24.3 Å². The zero-order valence-corrected chi connectivity index (χ0v) is 12.5. The lowest BCUT2D eigenvalue weighted by atomic mass is 10.1. The fraction of sp³-hybridized carbons (Fsp3) is 0.429. The van der Waals surface area contributed by atoms with E-state index in [-0.39, 0.29) is 17.4 Å². The van der Waals surface area contributed by atoms with E-state index in [0.717, 1.165) is 0 Å². The highest BCUT2D eigenvalue weighted by molar-refractivity contribution is 7.85. The van der Waals surface area contributed by atoms with Gasteiger partial charge in [0.25, 0.3) is 0 Å². The normalized spacial score (nSPS) is 13.8. The Morgan fingerprint density at radius 3 is 2.50 bits per heavy atom. The van der Waals surface area contributed by atoms with Crippen molar-refractivity contribution in [2.75, 3.05) is 0 Å². The maximum absolute atomic E-state index is 12.1. The first-order valence-corrected chi connectivity index (χ1v) is 7.59. The molecule has 0 bridgehead atoms. The number of ether oxygens (including phenoxy) is 1. The molecule has 110 valence electrons. The second kappa shape index (κ2) is 7.19. The number of carboxylic acids is 1. The Balaban J connectivity index is 2.73. The fourth-order valence-corrected chi connectivity index (χ4v) is 2.55. The van der Waals surface area contributed by atoms with Gasteiger partial charge in [-0.05, 0) is 38.5 Å². The van der Waals surface area contributed by atoms with Gasteiger partial charge in [0.05, 0.1) is 11.7 Å². The van der Waals surface area contributed by atoms with E-state index in [1.54, 1.807) is 32.9 Å². The molecule has 6 heteroatoms. The third-order valence-electron chi connectivity index (χ3n) is 2.56. The van der Waals surface area contributed by atoms with E-state index in [2.05, 4.69) is 0 Å². The Labute approximate surface area is 120 Å². The average Bonchev–Trinajstić information content (AvgIpc) is 2.37. The molecule has 2 atom stereocenters. The maximum atomic E-state index is 12.1. The number of hydrogen-bond acceptors (Lipinski definition) is 4. The monoisotopic (exact) mass is 298 g/mol. The van der Waals surface area contributed by atoms with Crippen molar-refractivity contribution in [3.05, 3.63) is 35.4 Å². The van der Waals surface area contributed by atoms with Gasteiger partial charge < -0.3 is 9.84 Å². The Morgan fingerprint density at radius 2 is 1.95 bits per heavy atom. The molecule has 0 heterocycles. The molecule has 5 nitrogen and oxygen atoms in total. The molecule has 0 spiro atoms. The smallest absolute Gasteiger partial charge is 0.335 e. The van der Waals surface area contributed by atoms with Crippen LogP contribution in [0.4, 0.5) is 0 Å². The number of carboxylic acid groups (broad SMARTS) is 1. The predicted octanol–water partition coefficient (Wildman–Crippen LogP) is 1.97. The lowest BCUT2D eigenvalue weighted by Gasteiger charge is -2.13. The van der Waals surface area contributed by atoms with E-state index in [4.69, 9.17) is 9.84 Å². The largest absolute Gasteiger partial charge is 0.478 e. The minimum absolute atomic E-state index is 0.121. The molecule has 0 aliphatic heterocycles. The summed E-state index contributed by atoms with van der Waals surface area (Å²) in [6.07, 6.45) is -0.253. The molecule has 1 N–H and O–H groups in total. The van der Waals surface area contributed by atoms with Crippen LogP contribution in [0.25, 0.3) is 0 Å². The summed E-state index contributed by atoms with van der Waals surface area (Å²) in [5, 5.41) is 8.15. The van der Waals surface area contributed by atoms with Crippen LogP contribution in [0, 0.1) is 0 Å². The van der Waals surface area contributed by atoms with E-state index in [0.29, 0.717) is 5.56 Å². The first kappa shape index (κ1) is 16.4. The summed E-state index contributed by atoms with van der Waals surface area (Å²) in [6, 6.07) is 6.20. The first-order chi connectivity index (χ1) is 9.31. The van der Waals surface area contributed by atoms with Crippen molar-refractivity contribution < 1.29 is 23.6 Å². The van der Waals surface area contributed by atoms with Crippen molar-refractivity contribution in [2.45, 2.75) is 37.9 Å². The van der Waals surface area contributed by atoms with Crippen molar-refractivity contribution in [2.24, 2.45) is 0 Å². The summed E-state index contributed by atoms with van der Waals surface area (Å²) in [6.45, 7) is 5.00. The second-order valence-corrected chi connectivity index (χ2v) is 6.42. The molecule has 20 heavy (non-hydrogen) atoms. The maximum Gasteiger partial charge on any atom is 0.335 e. The van der Waals surface area contributed by atoms with Gasteiger partial charge in [-0.25, -0.2) is 4.79 Å². The quantitative estimate of drug-likeness (QED) is 0.812. The van der Waals surface area contributed by atoms with E-state index in [9.17, 15) is 13.8 Å². The van der Waals surface area contributed by atoms with Crippen LogP contribution in [0.2, 0.25) is 0 Å². The van der Waals surface area contributed by atoms with Crippen LogP contribution in [0.1, 0.15) is 36.7 Å². The summed E-state index contributed by atoms with van der Waals surface area (Å²) in [7, 11) is -1.45. The lowest BCUT2D eigenvalue weighted by Crippen LogP contribution is -2.28. The molecule has 0 aliphatic carbocycles. The Morgan fingerprint density at radius 1 is 1.30 bits per heavy atom. The summed E-state index contributed by atoms with van der Waals surface area (Å²) < 4.78 is 17.1. The predicted molar refractivity (Wildman–Crippen MR) is 75.9 cm³/mol. The minimum Gasteiger partial charge on any atom is -0.478 e. The number of benzene rings is 1. The van der Waals surface area contributed by atoms with Crippen molar-refractivity contribution in [1.82, 2.24) is 0 Å². The first-order valence-electron chi connectivity index (χ1n) is 6.21. The molecular formula is C14H18O5S. The van der Waals surface area contributed by atoms with Gasteiger partial charge in [-0.3, -0.25) is 9.00 Å². The highest BCUT2D eigenvalue weighted by atomic mass is 32.2. The van der Waals surface area contributed by atoms with E-state index >= 15 is 0 Å². The topological polar surface area (TPSA) is 80.7 Å². The molecule has 1 aromatic carbocycles. The van der Waals surface area contributed by atoms with E-state index in [1.165, 1.54) is 12.1 Å². The van der Waals surface area contributed by atoms with E-state index < -0.39 is 28.0 Å².